The van der Waals surface area contributed by atoms with Gasteiger partial charge in [0, 0.05) is 30.7 Å². The molecule has 3 heteroatoms. The molecule has 1 aliphatic carbocycles. The molecule has 1 heterocycles. The zero-order valence-corrected chi connectivity index (χ0v) is 8.42. The van der Waals surface area contributed by atoms with Crippen LogP contribution in [0.3, 0.4) is 0 Å². The fourth-order valence-electron chi connectivity index (χ4n) is 2.00. The largest absolute Gasteiger partial charge is 0.383 e. The quantitative estimate of drug-likeness (QED) is 0.758. The first kappa shape index (κ1) is 9.46. The molecular formula is C11H17N3. The lowest BCUT2D eigenvalue weighted by Gasteiger charge is -2.18. The van der Waals surface area contributed by atoms with E-state index in [1.807, 2.05) is 6.20 Å². The molecule has 2 rings (SSSR count). The number of nitrogens with zero attached hydrogens (tertiary/aromatic N) is 1. The molecule has 0 fully saturated rings. The molecule has 0 bridgehead atoms. The number of nitrogens with two attached hydrogens (primary N) is 1. The highest BCUT2D eigenvalue weighted by Gasteiger charge is 2.13. The molecular weight excluding hydrogens is 174 g/mol. The predicted octanol–water partition coefficient (Wildman–Crippen LogP) is 1.33. The van der Waals surface area contributed by atoms with Gasteiger partial charge in [0.1, 0.15) is 0 Å². The van der Waals surface area contributed by atoms with E-state index in [1.165, 1.54) is 29.8 Å². The first-order valence-corrected chi connectivity index (χ1v) is 5.32. The zero-order valence-electron chi connectivity index (χ0n) is 8.42. The zero-order chi connectivity index (χ0) is 9.80. The highest BCUT2D eigenvalue weighted by molar-refractivity contribution is 5.53. The van der Waals surface area contributed by atoms with Gasteiger partial charge in [0.05, 0.1) is 0 Å². The number of pyridine rings is 1. The summed E-state index contributed by atoms with van der Waals surface area (Å²) in [6, 6.07) is 2.06. The summed E-state index contributed by atoms with van der Waals surface area (Å²) in [6.45, 7) is 1.52. The Bertz CT molecular complexity index is 309. The molecule has 1 aromatic rings. The van der Waals surface area contributed by atoms with Crippen molar-refractivity contribution in [3.8, 4) is 0 Å². The number of aromatic nitrogens is 1. The molecule has 0 spiro atoms. The Morgan fingerprint density at radius 3 is 3.07 bits per heavy atom. The van der Waals surface area contributed by atoms with Crippen LogP contribution in [0.15, 0.2) is 12.3 Å². The van der Waals surface area contributed by atoms with E-state index in [0.717, 1.165) is 19.4 Å². The van der Waals surface area contributed by atoms with Crippen LogP contribution in [0.25, 0.3) is 0 Å². The number of aryl methyl sites for hydroxylation is 1. The second-order valence-electron chi connectivity index (χ2n) is 3.71. The van der Waals surface area contributed by atoms with Gasteiger partial charge < -0.3 is 11.1 Å². The number of rotatable bonds is 3. The molecule has 3 N–H and O–H groups in total. The SMILES string of the molecule is NCCNc1ccnc2c1CCCC2. The third-order valence-electron chi connectivity index (χ3n) is 2.70. The molecule has 0 radical (unpaired) electrons. The van der Waals surface area contributed by atoms with Gasteiger partial charge in [0.25, 0.3) is 0 Å². The van der Waals surface area contributed by atoms with Crippen LogP contribution in [0.2, 0.25) is 0 Å². The van der Waals surface area contributed by atoms with Gasteiger partial charge >= 0.3 is 0 Å². The van der Waals surface area contributed by atoms with E-state index in [0.29, 0.717) is 6.54 Å². The lowest BCUT2D eigenvalue weighted by Crippen LogP contribution is -2.16. The van der Waals surface area contributed by atoms with Crippen LogP contribution in [0.1, 0.15) is 24.1 Å². The van der Waals surface area contributed by atoms with Crippen LogP contribution < -0.4 is 11.1 Å². The smallest absolute Gasteiger partial charge is 0.0456 e. The maximum absolute atomic E-state index is 5.47. The molecule has 3 nitrogen and oxygen atoms in total. The van der Waals surface area contributed by atoms with Gasteiger partial charge in [0.2, 0.25) is 0 Å². The first-order chi connectivity index (χ1) is 6.92. The van der Waals surface area contributed by atoms with Gasteiger partial charge in [-0.3, -0.25) is 4.98 Å². The van der Waals surface area contributed by atoms with E-state index in [2.05, 4.69) is 16.4 Å². The van der Waals surface area contributed by atoms with Gasteiger partial charge in [-0.1, -0.05) is 0 Å². The summed E-state index contributed by atoms with van der Waals surface area (Å²) in [7, 11) is 0. The minimum absolute atomic E-state index is 0.678. The third-order valence-corrected chi connectivity index (χ3v) is 2.70. The molecule has 14 heavy (non-hydrogen) atoms. The highest BCUT2D eigenvalue weighted by Crippen LogP contribution is 2.25. The molecule has 0 aliphatic heterocycles. The summed E-state index contributed by atoms with van der Waals surface area (Å²) >= 11 is 0. The number of nitrogens with one attached hydrogen (secondary N) is 1. The van der Waals surface area contributed by atoms with E-state index >= 15 is 0 Å². The van der Waals surface area contributed by atoms with Crippen LogP contribution in [0, 0.1) is 0 Å². The number of fused-ring (bicyclic) bond motifs is 1. The molecule has 0 amide bonds. The second kappa shape index (κ2) is 4.42. The van der Waals surface area contributed by atoms with Crippen molar-refractivity contribution in [2.45, 2.75) is 25.7 Å². The lowest BCUT2D eigenvalue weighted by atomic mass is 9.95. The summed E-state index contributed by atoms with van der Waals surface area (Å²) in [4.78, 5) is 4.42. The Morgan fingerprint density at radius 2 is 2.21 bits per heavy atom. The Kier molecular flexibility index (Phi) is 2.99. The molecule has 0 saturated carbocycles. The third kappa shape index (κ3) is 1.87. The molecule has 76 valence electrons. The molecule has 0 saturated heterocycles. The minimum atomic E-state index is 0.678. The topological polar surface area (TPSA) is 50.9 Å². The van der Waals surface area contributed by atoms with Gasteiger partial charge in [-0.25, -0.2) is 0 Å². The van der Waals surface area contributed by atoms with Crippen molar-refractivity contribution in [1.82, 2.24) is 4.98 Å². The van der Waals surface area contributed by atoms with E-state index in [-0.39, 0.29) is 0 Å². The maximum Gasteiger partial charge on any atom is 0.0456 e. The monoisotopic (exact) mass is 191 g/mol. The van der Waals surface area contributed by atoms with E-state index in [4.69, 9.17) is 5.73 Å². The molecule has 1 aromatic heterocycles. The minimum Gasteiger partial charge on any atom is -0.383 e. The van der Waals surface area contributed by atoms with Crippen molar-refractivity contribution in [3.05, 3.63) is 23.5 Å². The second-order valence-corrected chi connectivity index (χ2v) is 3.71. The average molecular weight is 191 g/mol. The van der Waals surface area contributed by atoms with Crippen molar-refractivity contribution in [2.75, 3.05) is 18.4 Å². The van der Waals surface area contributed by atoms with Gasteiger partial charge in [-0.05, 0) is 37.3 Å². The highest BCUT2D eigenvalue weighted by atomic mass is 14.9. The Hall–Kier alpha value is -1.09. The van der Waals surface area contributed by atoms with Crippen molar-refractivity contribution >= 4 is 5.69 Å². The first-order valence-electron chi connectivity index (χ1n) is 5.32. The Labute approximate surface area is 84.7 Å². The van der Waals surface area contributed by atoms with E-state index in [1.54, 1.807) is 0 Å². The van der Waals surface area contributed by atoms with Crippen molar-refractivity contribution in [2.24, 2.45) is 5.73 Å². The van der Waals surface area contributed by atoms with Gasteiger partial charge in [-0.15, -0.1) is 0 Å². The van der Waals surface area contributed by atoms with Gasteiger partial charge in [0.15, 0.2) is 0 Å². The fraction of sp³-hybridized carbons (Fsp3) is 0.545. The summed E-state index contributed by atoms with van der Waals surface area (Å²) < 4.78 is 0. The normalized spacial score (nSPS) is 14.9. The number of hydrogen-bond donors (Lipinski definition) is 2. The number of anilines is 1. The Balaban J connectivity index is 2.21. The molecule has 0 unspecified atom stereocenters. The van der Waals surface area contributed by atoms with E-state index < -0.39 is 0 Å². The van der Waals surface area contributed by atoms with Crippen LogP contribution in [0.5, 0.6) is 0 Å². The summed E-state index contributed by atoms with van der Waals surface area (Å²) in [5.74, 6) is 0. The molecule has 0 aromatic carbocycles. The van der Waals surface area contributed by atoms with Crippen LogP contribution in [0.4, 0.5) is 5.69 Å². The van der Waals surface area contributed by atoms with Crippen molar-refractivity contribution in [1.29, 1.82) is 0 Å². The maximum atomic E-state index is 5.47. The number of hydrogen-bond acceptors (Lipinski definition) is 3. The molecule has 0 atom stereocenters. The van der Waals surface area contributed by atoms with E-state index in [9.17, 15) is 0 Å². The summed E-state index contributed by atoms with van der Waals surface area (Å²) in [5, 5.41) is 3.36. The van der Waals surface area contributed by atoms with Crippen LogP contribution >= 0.6 is 0 Å². The fourth-order valence-corrected chi connectivity index (χ4v) is 2.00. The van der Waals surface area contributed by atoms with Gasteiger partial charge in [-0.2, -0.15) is 0 Å². The predicted molar refractivity (Wildman–Crippen MR) is 58.4 cm³/mol. The average Bonchev–Trinajstić information content (AvgIpc) is 2.26. The van der Waals surface area contributed by atoms with Crippen LogP contribution in [-0.4, -0.2) is 18.1 Å². The summed E-state index contributed by atoms with van der Waals surface area (Å²) in [5.41, 5.74) is 9.40. The Morgan fingerprint density at radius 1 is 1.36 bits per heavy atom. The summed E-state index contributed by atoms with van der Waals surface area (Å²) in [6.07, 6.45) is 6.75. The van der Waals surface area contributed by atoms with Crippen molar-refractivity contribution < 1.29 is 0 Å². The van der Waals surface area contributed by atoms with Crippen molar-refractivity contribution in [3.63, 3.8) is 0 Å². The molecule has 1 aliphatic rings. The standard InChI is InChI=1S/C11H17N3/c12-6-8-14-11-5-7-13-10-4-2-1-3-9(10)11/h5,7H,1-4,6,8,12H2,(H,13,14). The lowest BCUT2D eigenvalue weighted by molar-refractivity contribution is 0.668. The van der Waals surface area contributed by atoms with Crippen LogP contribution in [-0.2, 0) is 12.8 Å².